The SMILES string of the molecule is COC(=O)Cc1c(CN)ncc(Cl)c1C(F)F. The van der Waals surface area contributed by atoms with Gasteiger partial charge in [0.2, 0.25) is 0 Å². The molecule has 1 rings (SSSR count). The molecule has 17 heavy (non-hydrogen) atoms. The summed E-state index contributed by atoms with van der Waals surface area (Å²) in [7, 11) is 1.17. The van der Waals surface area contributed by atoms with Crippen molar-refractivity contribution in [3.63, 3.8) is 0 Å². The maximum absolute atomic E-state index is 12.9. The van der Waals surface area contributed by atoms with Gasteiger partial charge in [-0.1, -0.05) is 11.6 Å². The van der Waals surface area contributed by atoms with Crippen LogP contribution in [0.1, 0.15) is 23.2 Å². The van der Waals surface area contributed by atoms with Crippen LogP contribution in [0.2, 0.25) is 5.02 Å². The van der Waals surface area contributed by atoms with E-state index in [-0.39, 0.29) is 29.2 Å². The van der Waals surface area contributed by atoms with Crippen molar-refractivity contribution >= 4 is 17.6 Å². The molecule has 0 radical (unpaired) electrons. The lowest BCUT2D eigenvalue weighted by Gasteiger charge is -2.13. The number of alkyl halides is 2. The van der Waals surface area contributed by atoms with Gasteiger partial charge in [-0.3, -0.25) is 9.78 Å². The van der Waals surface area contributed by atoms with Crippen LogP contribution in [0.3, 0.4) is 0 Å². The van der Waals surface area contributed by atoms with Crippen LogP contribution in [0, 0.1) is 0 Å². The monoisotopic (exact) mass is 264 g/mol. The van der Waals surface area contributed by atoms with Gasteiger partial charge in [0, 0.05) is 18.3 Å². The predicted octanol–water partition coefficient (Wildman–Crippen LogP) is 1.85. The summed E-state index contributed by atoms with van der Waals surface area (Å²) in [5, 5.41) is -0.184. The van der Waals surface area contributed by atoms with E-state index in [0.29, 0.717) is 0 Å². The highest BCUT2D eigenvalue weighted by atomic mass is 35.5. The van der Waals surface area contributed by atoms with Gasteiger partial charge < -0.3 is 10.5 Å². The van der Waals surface area contributed by atoms with Crippen molar-refractivity contribution in [1.29, 1.82) is 0 Å². The summed E-state index contributed by atoms with van der Waals surface area (Å²) in [5.41, 5.74) is 5.24. The van der Waals surface area contributed by atoms with Gasteiger partial charge in [0.25, 0.3) is 6.43 Å². The third-order valence-electron chi connectivity index (χ3n) is 2.22. The number of methoxy groups -OCH3 is 1. The summed E-state index contributed by atoms with van der Waals surface area (Å²) in [4.78, 5) is 15.0. The van der Waals surface area contributed by atoms with Crippen LogP contribution in [-0.4, -0.2) is 18.1 Å². The second-order valence-electron chi connectivity index (χ2n) is 3.20. The molecule has 1 aromatic heterocycles. The molecule has 0 aliphatic rings. The molecule has 0 saturated heterocycles. The molecule has 0 aliphatic carbocycles. The smallest absolute Gasteiger partial charge is 0.310 e. The zero-order valence-corrected chi connectivity index (χ0v) is 9.80. The van der Waals surface area contributed by atoms with Crippen LogP contribution in [-0.2, 0) is 22.5 Å². The molecular formula is C10H11ClF2N2O2. The van der Waals surface area contributed by atoms with Crippen molar-refractivity contribution in [2.45, 2.75) is 19.4 Å². The molecule has 0 bridgehead atoms. The van der Waals surface area contributed by atoms with Crippen LogP contribution in [0.15, 0.2) is 6.20 Å². The van der Waals surface area contributed by atoms with Gasteiger partial charge in [-0.25, -0.2) is 8.78 Å². The Morgan fingerprint density at radius 1 is 1.65 bits per heavy atom. The minimum Gasteiger partial charge on any atom is -0.469 e. The van der Waals surface area contributed by atoms with Crippen molar-refractivity contribution in [2.24, 2.45) is 5.73 Å². The summed E-state index contributed by atoms with van der Waals surface area (Å²) in [6, 6.07) is 0. The van der Waals surface area contributed by atoms with E-state index >= 15 is 0 Å². The number of hydrogen-bond acceptors (Lipinski definition) is 4. The van der Waals surface area contributed by atoms with Crippen LogP contribution in [0.25, 0.3) is 0 Å². The van der Waals surface area contributed by atoms with Crippen molar-refractivity contribution in [1.82, 2.24) is 4.98 Å². The van der Waals surface area contributed by atoms with Crippen LogP contribution in [0.5, 0.6) is 0 Å². The average Bonchev–Trinajstić information content (AvgIpc) is 2.28. The van der Waals surface area contributed by atoms with Crippen molar-refractivity contribution in [3.05, 3.63) is 28.0 Å². The van der Waals surface area contributed by atoms with Gasteiger partial charge in [-0.15, -0.1) is 0 Å². The molecular weight excluding hydrogens is 254 g/mol. The summed E-state index contributed by atoms with van der Waals surface area (Å²) in [5.74, 6) is -0.648. The fourth-order valence-electron chi connectivity index (χ4n) is 1.41. The number of aromatic nitrogens is 1. The Kier molecular flexibility index (Phi) is 4.77. The zero-order valence-electron chi connectivity index (χ0n) is 9.04. The number of esters is 1. The highest BCUT2D eigenvalue weighted by Crippen LogP contribution is 2.31. The number of carbonyl (C=O) groups is 1. The summed E-state index contributed by atoms with van der Waals surface area (Å²) < 4.78 is 30.1. The Morgan fingerprint density at radius 2 is 2.29 bits per heavy atom. The number of nitrogens with zero attached hydrogens (tertiary/aromatic N) is 1. The van der Waals surface area contributed by atoms with E-state index in [1.54, 1.807) is 0 Å². The molecule has 0 saturated carbocycles. The van der Waals surface area contributed by atoms with Gasteiger partial charge in [-0.05, 0) is 5.56 Å². The highest BCUT2D eigenvalue weighted by molar-refractivity contribution is 6.31. The van der Waals surface area contributed by atoms with Crippen LogP contribution < -0.4 is 5.73 Å². The highest BCUT2D eigenvalue weighted by Gasteiger charge is 2.22. The number of hydrogen-bond donors (Lipinski definition) is 1. The minimum atomic E-state index is -2.80. The summed E-state index contributed by atoms with van der Waals surface area (Å²) >= 11 is 5.64. The minimum absolute atomic E-state index is 0.0434. The van der Waals surface area contributed by atoms with E-state index in [4.69, 9.17) is 17.3 Å². The molecule has 0 aliphatic heterocycles. The van der Waals surface area contributed by atoms with Crippen molar-refractivity contribution in [3.8, 4) is 0 Å². The molecule has 0 atom stereocenters. The second-order valence-corrected chi connectivity index (χ2v) is 3.61. The number of ether oxygens (including phenoxy) is 1. The molecule has 0 fully saturated rings. The molecule has 0 aromatic carbocycles. The molecule has 0 spiro atoms. The molecule has 1 aromatic rings. The quantitative estimate of drug-likeness (QED) is 0.843. The Labute approximate surface area is 102 Å². The number of carbonyl (C=O) groups excluding carboxylic acids is 1. The zero-order chi connectivity index (χ0) is 13.0. The van der Waals surface area contributed by atoms with Gasteiger partial charge >= 0.3 is 5.97 Å². The van der Waals surface area contributed by atoms with Gasteiger partial charge in [0.05, 0.1) is 24.2 Å². The van der Waals surface area contributed by atoms with Crippen molar-refractivity contribution < 1.29 is 18.3 Å². The fraction of sp³-hybridized carbons (Fsp3) is 0.400. The molecule has 94 valence electrons. The number of halogens is 3. The number of nitrogens with two attached hydrogens (primary N) is 1. The van der Waals surface area contributed by atoms with Gasteiger partial charge in [0.1, 0.15) is 0 Å². The Morgan fingerprint density at radius 3 is 2.76 bits per heavy atom. The van der Waals surface area contributed by atoms with Crippen LogP contribution in [0.4, 0.5) is 8.78 Å². The van der Waals surface area contributed by atoms with E-state index in [1.807, 2.05) is 0 Å². The molecule has 2 N–H and O–H groups in total. The standard InChI is InChI=1S/C10H11ClF2N2O2/c1-17-8(16)2-5-7(3-14)15-4-6(11)9(5)10(12)13/h4,10H,2-3,14H2,1H3. The topological polar surface area (TPSA) is 65.2 Å². The Bertz CT molecular complexity index is 427. The Balaban J connectivity index is 3.29. The second kappa shape index (κ2) is 5.88. The molecule has 1 heterocycles. The first kappa shape index (κ1) is 13.8. The van der Waals surface area contributed by atoms with E-state index in [1.165, 1.54) is 7.11 Å². The average molecular weight is 265 g/mol. The molecule has 7 heteroatoms. The van der Waals surface area contributed by atoms with E-state index in [0.717, 1.165) is 6.20 Å². The largest absolute Gasteiger partial charge is 0.469 e. The van der Waals surface area contributed by atoms with E-state index in [2.05, 4.69) is 9.72 Å². The normalized spacial score (nSPS) is 10.7. The number of rotatable bonds is 4. The molecule has 0 amide bonds. The van der Waals surface area contributed by atoms with Gasteiger partial charge in [0.15, 0.2) is 0 Å². The van der Waals surface area contributed by atoms with Crippen molar-refractivity contribution in [2.75, 3.05) is 7.11 Å². The van der Waals surface area contributed by atoms with E-state index in [9.17, 15) is 13.6 Å². The van der Waals surface area contributed by atoms with Crippen LogP contribution >= 0.6 is 11.6 Å². The maximum atomic E-state index is 12.9. The maximum Gasteiger partial charge on any atom is 0.310 e. The molecule has 0 unspecified atom stereocenters. The lowest BCUT2D eigenvalue weighted by Crippen LogP contribution is -2.14. The summed E-state index contributed by atoms with van der Waals surface area (Å²) in [6.07, 6.45) is -2.02. The first-order valence-corrected chi connectivity index (χ1v) is 5.10. The third-order valence-corrected chi connectivity index (χ3v) is 2.53. The Hall–Kier alpha value is -1.27. The predicted molar refractivity (Wildman–Crippen MR) is 57.8 cm³/mol. The summed E-state index contributed by atoms with van der Waals surface area (Å²) in [6.45, 7) is -0.0524. The first-order chi connectivity index (χ1) is 8.01. The number of pyridine rings is 1. The lowest BCUT2D eigenvalue weighted by molar-refractivity contribution is -0.139. The molecule has 4 nitrogen and oxygen atoms in total. The fourth-order valence-corrected chi connectivity index (χ4v) is 1.65. The van der Waals surface area contributed by atoms with E-state index < -0.39 is 18.0 Å². The first-order valence-electron chi connectivity index (χ1n) is 4.72. The van der Waals surface area contributed by atoms with Gasteiger partial charge in [-0.2, -0.15) is 0 Å². The third kappa shape index (κ3) is 3.10. The lowest BCUT2D eigenvalue weighted by atomic mass is 10.0.